The van der Waals surface area contributed by atoms with E-state index in [4.69, 9.17) is 11.6 Å². The van der Waals surface area contributed by atoms with Crippen LogP contribution >= 0.6 is 24.0 Å². The molecule has 2 N–H and O–H groups in total. The summed E-state index contributed by atoms with van der Waals surface area (Å²) in [4.78, 5) is 12.9. The van der Waals surface area contributed by atoms with Crippen LogP contribution in [0.25, 0.3) is 0 Å². The topological polar surface area (TPSA) is 59.0 Å². The summed E-state index contributed by atoms with van der Waals surface area (Å²) in [7, 11) is 0. The summed E-state index contributed by atoms with van der Waals surface area (Å²) in [6.45, 7) is 1.99. The van der Waals surface area contributed by atoms with Crippen LogP contribution in [-0.2, 0) is 16.8 Å². The molecule has 136 valence electrons. The van der Waals surface area contributed by atoms with Gasteiger partial charge in [0, 0.05) is 24.0 Å². The fourth-order valence-corrected chi connectivity index (χ4v) is 3.38. The average Bonchev–Trinajstić information content (AvgIpc) is 3.12. The van der Waals surface area contributed by atoms with Gasteiger partial charge in [0.15, 0.2) is 0 Å². The van der Waals surface area contributed by atoms with Gasteiger partial charge >= 0.3 is 0 Å². The number of aromatic nitrogens is 2. The molecule has 1 fully saturated rings. The lowest BCUT2D eigenvalue weighted by Gasteiger charge is -2.36. The largest absolute Gasteiger partial charge is 0.354 e. The van der Waals surface area contributed by atoms with Crippen LogP contribution in [0.2, 0.25) is 5.02 Å². The Bertz CT molecular complexity index is 703. The van der Waals surface area contributed by atoms with E-state index in [9.17, 15) is 9.18 Å². The summed E-state index contributed by atoms with van der Waals surface area (Å²) >= 11 is 6.03. The number of hydrogen-bond donors (Lipinski definition) is 2. The Kier molecular flexibility index (Phi) is 6.81. The first-order valence-corrected chi connectivity index (χ1v) is 8.43. The van der Waals surface area contributed by atoms with Gasteiger partial charge in [0.1, 0.15) is 11.4 Å². The monoisotopic (exact) mass is 386 g/mol. The fourth-order valence-electron chi connectivity index (χ4n) is 3.12. The number of hydrogen-bond acceptors (Lipinski definition) is 3. The molecule has 2 aromatic rings. The van der Waals surface area contributed by atoms with Crippen LogP contribution in [0.3, 0.4) is 0 Å². The number of benzene rings is 1. The van der Waals surface area contributed by atoms with Gasteiger partial charge in [-0.1, -0.05) is 17.7 Å². The van der Waals surface area contributed by atoms with E-state index in [1.165, 1.54) is 12.1 Å². The smallest absolute Gasteiger partial charge is 0.248 e. The minimum absolute atomic E-state index is 0. The molecular weight excluding hydrogens is 366 g/mol. The molecule has 8 heteroatoms. The molecule has 5 nitrogen and oxygen atoms in total. The van der Waals surface area contributed by atoms with Crippen molar-refractivity contribution in [3.8, 4) is 0 Å². The van der Waals surface area contributed by atoms with Crippen molar-refractivity contribution >= 4 is 29.9 Å². The number of piperidine rings is 1. The molecule has 0 saturated carbocycles. The second kappa shape index (κ2) is 8.65. The molecule has 0 spiro atoms. The average molecular weight is 387 g/mol. The highest BCUT2D eigenvalue weighted by molar-refractivity contribution is 6.31. The minimum atomic E-state index is -0.651. The highest BCUT2D eigenvalue weighted by Gasteiger charge is 2.41. The van der Waals surface area contributed by atoms with Crippen LogP contribution in [0, 0.1) is 5.82 Å². The first kappa shape index (κ1) is 19.7. The SMILES string of the molecule is Cl.O=C(NCCc1ccc(F)cc1Cl)C1(n2cccn2)CCNCC1. The molecule has 1 aromatic heterocycles. The van der Waals surface area contributed by atoms with Crippen LogP contribution in [0.5, 0.6) is 0 Å². The summed E-state index contributed by atoms with van der Waals surface area (Å²) in [5, 5.41) is 10.9. The second-order valence-electron chi connectivity index (χ2n) is 5.97. The molecule has 0 atom stereocenters. The third kappa shape index (κ3) is 4.32. The Morgan fingerprint density at radius 3 is 2.80 bits per heavy atom. The number of rotatable bonds is 5. The van der Waals surface area contributed by atoms with E-state index in [-0.39, 0.29) is 24.1 Å². The molecule has 3 rings (SSSR count). The van der Waals surface area contributed by atoms with Crippen molar-refractivity contribution < 1.29 is 9.18 Å². The van der Waals surface area contributed by atoms with Crippen molar-refractivity contribution in [2.45, 2.75) is 24.8 Å². The molecule has 25 heavy (non-hydrogen) atoms. The van der Waals surface area contributed by atoms with Crippen molar-refractivity contribution in [2.75, 3.05) is 19.6 Å². The minimum Gasteiger partial charge on any atom is -0.354 e. The number of carbonyl (C=O) groups excluding carboxylic acids is 1. The van der Waals surface area contributed by atoms with E-state index in [0.29, 0.717) is 30.8 Å². The Labute approximate surface area is 157 Å². The summed E-state index contributed by atoms with van der Waals surface area (Å²) in [6, 6.07) is 6.14. The highest BCUT2D eigenvalue weighted by atomic mass is 35.5. The number of halogens is 3. The van der Waals surface area contributed by atoms with Crippen molar-refractivity contribution in [3.05, 3.63) is 53.1 Å². The van der Waals surface area contributed by atoms with E-state index in [1.54, 1.807) is 16.9 Å². The maximum Gasteiger partial charge on any atom is 0.248 e. The maximum absolute atomic E-state index is 13.1. The van der Waals surface area contributed by atoms with Gasteiger partial charge in [0.2, 0.25) is 5.91 Å². The zero-order chi connectivity index (χ0) is 17.0. The second-order valence-corrected chi connectivity index (χ2v) is 6.38. The summed E-state index contributed by atoms with van der Waals surface area (Å²) < 4.78 is 14.8. The Morgan fingerprint density at radius 1 is 1.40 bits per heavy atom. The van der Waals surface area contributed by atoms with E-state index >= 15 is 0 Å². The maximum atomic E-state index is 13.1. The van der Waals surface area contributed by atoms with Crippen LogP contribution in [-0.4, -0.2) is 35.3 Å². The number of nitrogens with one attached hydrogen (secondary N) is 2. The Hall–Kier alpha value is -1.63. The Balaban J connectivity index is 0.00000225. The lowest BCUT2D eigenvalue weighted by molar-refractivity contribution is -0.131. The Morgan fingerprint density at radius 2 is 2.16 bits per heavy atom. The lowest BCUT2D eigenvalue weighted by atomic mass is 9.87. The van der Waals surface area contributed by atoms with Crippen molar-refractivity contribution in [3.63, 3.8) is 0 Å². The highest BCUT2D eigenvalue weighted by Crippen LogP contribution is 2.27. The standard InChI is InChI=1S/C17H20ClFN4O.ClH/c18-15-12-14(19)3-2-13(15)4-8-21-16(24)17(5-9-20-10-6-17)23-11-1-7-22-23;/h1-3,7,11-12,20H,4-6,8-10H2,(H,21,24);1H. The van der Waals surface area contributed by atoms with Gasteiger partial charge in [-0.3, -0.25) is 9.48 Å². The number of amides is 1. The molecule has 1 aromatic carbocycles. The van der Waals surface area contributed by atoms with Gasteiger partial charge < -0.3 is 10.6 Å². The van der Waals surface area contributed by atoms with Crippen LogP contribution in [0.15, 0.2) is 36.7 Å². The van der Waals surface area contributed by atoms with E-state index in [1.807, 2.05) is 12.3 Å². The van der Waals surface area contributed by atoms with Crippen LogP contribution in [0.4, 0.5) is 4.39 Å². The first-order valence-electron chi connectivity index (χ1n) is 8.05. The lowest BCUT2D eigenvalue weighted by Crippen LogP contribution is -2.54. The molecule has 0 radical (unpaired) electrons. The summed E-state index contributed by atoms with van der Waals surface area (Å²) in [6.07, 6.45) is 5.46. The number of carbonyl (C=O) groups is 1. The third-order valence-electron chi connectivity index (χ3n) is 4.49. The van der Waals surface area contributed by atoms with Gasteiger partial charge in [0.05, 0.1) is 0 Å². The predicted octanol–water partition coefficient (Wildman–Crippen LogP) is 2.54. The molecule has 0 unspecified atom stereocenters. The first-order chi connectivity index (χ1) is 11.6. The molecule has 1 amide bonds. The van der Waals surface area contributed by atoms with Gasteiger partial charge in [-0.15, -0.1) is 12.4 Å². The van der Waals surface area contributed by atoms with Crippen molar-refractivity contribution in [1.29, 1.82) is 0 Å². The zero-order valence-electron chi connectivity index (χ0n) is 13.7. The molecule has 1 aliphatic rings. The third-order valence-corrected chi connectivity index (χ3v) is 4.84. The van der Waals surface area contributed by atoms with Crippen LogP contribution in [0.1, 0.15) is 18.4 Å². The quantitative estimate of drug-likeness (QED) is 0.829. The molecule has 1 aliphatic heterocycles. The molecule has 0 aliphatic carbocycles. The van der Waals surface area contributed by atoms with Gasteiger partial charge in [-0.25, -0.2) is 4.39 Å². The normalized spacial score (nSPS) is 16.1. The van der Waals surface area contributed by atoms with Crippen molar-refractivity contribution in [2.24, 2.45) is 0 Å². The van der Waals surface area contributed by atoms with Gasteiger partial charge in [0.25, 0.3) is 0 Å². The number of nitrogens with zero attached hydrogens (tertiary/aromatic N) is 2. The molecule has 1 saturated heterocycles. The van der Waals surface area contributed by atoms with Gasteiger partial charge in [-0.2, -0.15) is 5.10 Å². The van der Waals surface area contributed by atoms with Gasteiger partial charge in [-0.05, 0) is 56.1 Å². The molecule has 0 bridgehead atoms. The van der Waals surface area contributed by atoms with E-state index in [2.05, 4.69) is 15.7 Å². The molecule has 2 heterocycles. The van der Waals surface area contributed by atoms with E-state index in [0.717, 1.165) is 18.7 Å². The summed E-state index contributed by atoms with van der Waals surface area (Å²) in [5.41, 5.74) is 0.165. The predicted molar refractivity (Wildman–Crippen MR) is 97.7 cm³/mol. The molecular formula is C17H21Cl2FN4O. The van der Waals surface area contributed by atoms with Crippen LogP contribution < -0.4 is 10.6 Å². The van der Waals surface area contributed by atoms with Crippen molar-refractivity contribution in [1.82, 2.24) is 20.4 Å². The summed E-state index contributed by atoms with van der Waals surface area (Å²) in [5.74, 6) is -0.397. The van der Waals surface area contributed by atoms with E-state index < -0.39 is 5.54 Å². The zero-order valence-corrected chi connectivity index (χ0v) is 15.2. The fraction of sp³-hybridized carbons (Fsp3) is 0.412.